The number of benzene rings is 1. The molecule has 2 aromatic rings. The van der Waals surface area contributed by atoms with Gasteiger partial charge in [-0.2, -0.15) is 11.8 Å². The number of hydrogen-bond donors (Lipinski definition) is 1. The Balaban J connectivity index is 1.97. The normalized spacial score (nSPS) is 12.3. The summed E-state index contributed by atoms with van der Waals surface area (Å²) in [5, 5.41) is 5.22. The molecule has 0 amide bonds. The molecule has 1 atom stereocenters. The van der Waals surface area contributed by atoms with Crippen molar-refractivity contribution in [2.75, 3.05) is 25.6 Å². The average Bonchev–Trinajstić information content (AvgIpc) is 2.93. The maximum atomic E-state index is 5.47. The van der Waals surface area contributed by atoms with Crippen LogP contribution in [0.5, 0.6) is 0 Å². The predicted octanol–water partition coefficient (Wildman–Crippen LogP) is 3.92. The van der Waals surface area contributed by atoms with E-state index in [0.717, 1.165) is 34.4 Å². The maximum absolute atomic E-state index is 5.47. The van der Waals surface area contributed by atoms with Crippen LogP contribution in [0, 0.1) is 0 Å². The molecular weight excluding hydrogens is 318 g/mol. The van der Waals surface area contributed by atoms with Crippen molar-refractivity contribution in [1.82, 2.24) is 15.2 Å². The molecule has 2 rings (SSSR count). The Labute approximate surface area is 140 Å². The minimum absolute atomic E-state index is 0.183. The van der Waals surface area contributed by atoms with Crippen LogP contribution in [-0.4, -0.2) is 40.6 Å². The van der Waals surface area contributed by atoms with Crippen molar-refractivity contribution in [2.24, 2.45) is 0 Å². The van der Waals surface area contributed by atoms with Gasteiger partial charge in [-0.3, -0.25) is 0 Å². The van der Waals surface area contributed by atoms with Crippen LogP contribution in [0.2, 0.25) is 0 Å². The van der Waals surface area contributed by atoms with E-state index in [1.54, 1.807) is 11.3 Å². The highest BCUT2D eigenvalue weighted by atomic mass is 32.2. The topological polar surface area (TPSA) is 28.2 Å². The lowest BCUT2D eigenvalue weighted by atomic mass is 10.3. The Morgan fingerprint density at radius 3 is 2.95 bits per heavy atom. The molecule has 6 heteroatoms. The van der Waals surface area contributed by atoms with Crippen molar-refractivity contribution < 1.29 is 0 Å². The molecule has 0 saturated carbocycles. The zero-order valence-electron chi connectivity index (χ0n) is 12.6. The minimum Gasteiger partial charge on any atom is -0.363 e. The number of rotatable bonds is 6. The van der Waals surface area contributed by atoms with Crippen LogP contribution in [0.1, 0.15) is 24.4 Å². The van der Waals surface area contributed by atoms with Gasteiger partial charge in [0.15, 0.2) is 5.11 Å². The number of fused-ring (bicyclic) bond motifs is 1. The van der Waals surface area contributed by atoms with Crippen LogP contribution in [0.25, 0.3) is 10.2 Å². The quantitative estimate of drug-likeness (QED) is 0.636. The van der Waals surface area contributed by atoms with Crippen molar-refractivity contribution in [3.05, 3.63) is 29.3 Å². The summed E-state index contributed by atoms with van der Waals surface area (Å²) >= 11 is 9.07. The van der Waals surface area contributed by atoms with Gasteiger partial charge in [0, 0.05) is 13.6 Å². The fourth-order valence-electron chi connectivity index (χ4n) is 1.95. The van der Waals surface area contributed by atoms with E-state index in [2.05, 4.69) is 41.6 Å². The van der Waals surface area contributed by atoms with E-state index in [1.807, 2.05) is 24.9 Å². The molecule has 0 aliphatic heterocycles. The zero-order valence-corrected chi connectivity index (χ0v) is 15.1. The van der Waals surface area contributed by atoms with E-state index in [0.29, 0.717) is 0 Å². The number of nitrogens with zero attached hydrogens (tertiary/aromatic N) is 2. The van der Waals surface area contributed by atoms with Crippen LogP contribution < -0.4 is 5.32 Å². The number of nitrogens with one attached hydrogen (secondary N) is 1. The van der Waals surface area contributed by atoms with Gasteiger partial charge in [-0.15, -0.1) is 11.3 Å². The van der Waals surface area contributed by atoms with Gasteiger partial charge in [0.2, 0.25) is 0 Å². The molecule has 1 aromatic carbocycles. The van der Waals surface area contributed by atoms with Crippen molar-refractivity contribution in [1.29, 1.82) is 0 Å². The second-order valence-electron chi connectivity index (χ2n) is 4.88. The number of thioether (sulfide) groups is 1. The van der Waals surface area contributed by atoms with Crippen molar-refractivity contribution in [3.8, 4) is 0 Å². The third-order valence-electron chi connectivity index (χ3n) is 3.37. The third-order valence-corrected chi connectivity index (χ3v) is 5.71. The van der Waals surface area contributed by atoms with Crippen molar-refractivity contribution in [2.45, 2.75) is 19.4 Å². The van der Waals surface area contributed by atoms with E-state index in [9.17, 15) is 0 Å². The largest absolute Gasteiger partial charge is 0.363 e. The summed E-state index contributed by atoms with van der Waals surface area (Å²) in [6, 6.07) is 8.43. The summed E-state index contributed by atoms with van der Waals surface area (Å²) in [6.07, 6.45) is 3.25. The van der Waals surface area contributed by atoms with E-state index in [4.69, 9.17) is 17.2 Å². The molecule has 0 bridgehead atoms. The molecule has 0 fully saturated rings. The number of aromatic nitrogens is 1. The Morgan fingerprint density at radius 1 is 1.48 bits per heavy atom. The average molecular weight is 340 g/mol. The lowest BCUT2D eigenvalue weighted by Gasteiger charge is -2.26. The standard InChI is InChI=1S/C15H21N3S3/c1-11(18(2)15(19)16-9-6-10-20-3)14-17-12-7-4-5-8-13(12)21-14/h4-5,7-8,11H,6,9-10H2,1-3H3,(H,16,19)/t11-/m0/s1. The third kappa shape index (κ3) is 4.31. The minimum atomic E-state index is 0.183. The van der Waals surface area contributed by atoms with Gasteiger partial charge in [-0.1, -0.05) is 12.1 Å². The van der Waals surface area contributed by atoms with Gasteiger partial charge < -0.3 is 10.2 Å². The van der Waals surface area contributed by atoms with E-state index >= 15 is 0 Å². The first-order valence-corrected chi connectivity index (χ1v) is 9.60. The van der Waals surface area contributed by atoms with Gasteiger partial charge in [0.05, 0.1) is 16.3 Å². The fourth-order valence-corrected chi connectivity index (χ4v) is 3.70. The smallest absolute Gasteiger partial charge is 0.169 e. The van der Waals surface area contributed by atoms with Crippen molar-refractivity contribution in [3.63, 3.8) is 0 Å². The molecular formula is C15H21N3S3. The monoisotopic (exact) mass is 339 g/mol. The predicted molar refractivity (Wildman–Crippen MR) is 99.4 cm³/mol. The van der Waals surface area contributed by atoms with Crippen LogP contribution >= 0.6 is 35.3 Å². The Hall–Kier alpha value is -0.850. The molecule has 1 heterocycles. The van der Waals surface area contributed by atoms with Gasteiger partial charge >= 0.3 is 0 Å². The lowest BCUT2D eigenvalue weighted by molar-refractivity contribution is 0.395. The van der Waals surface area contributed by atoms with Crippen LogP contribution in [-0.2, 0) is 0 Å². The summed E-state index contributed by atoms with van der Waals surface area (Å²) in [5.74, 6) is 1.16. The fraction of sp³-hybridized carbons (Fsp3) is 0.467. The molecule has 0 aliphatic carbocycles. The summed E-state index contributed by atoms with van der Waals surface area (Å²) in [7, 11) is 2.03. The molecule has 114 valence electrons. The second-order valence-corrected chi connectivity index (χ2v) is 7.32. The molecule has 0 saturated heterocycles. The molecule has 21 heavy (non-hydrogen) atoms. The first-order chi connectivity index (χ1) is 10.1. The number of hydrogen-bond acceptors (Lipinski definition) is 4. The first-order valence-electron chi connectivity index (χ1n) is 6.98. The maximum Gasteiger partial charge on any atom is 0.169 e. The summed E-state index contributed by atoms with van der Waals surface area (Å²) in [4.78, 5) is 6.80. The van der Waals surface area contributed by atoms with Gasteiger partial charge in [-0.25, -0.2) is 4.98 Å². The highest BCUT2D eigenvalue weighted by Gasteiger charge is 2.18. The first kappa shape index (κ1) is 16.5. The zero-order chi connectivity index (χ0) is 15.2. The Kier molecular flexibility index (Phi) is 6.26. The van der Waals surface area contributed by atoms with Crippen LogP contribution in [0.3, 0.4) is 0 Å². The van der Waals surface area contributed by atoms with Crippen molar-refractivity contribution >= 4 is 50.6 Å². The molecule has 1 N–H and O–H groups in total. The van der Waals surface area contributed by atoms with E-state index < -0.39 is 0 Å². The Bertz CT molecular complexity index is 564. The molecule has 0 unspecified atom stereocenters. The Morgan fingerprint density at radius 2 is 2.24 bits per heavy atom. The molecule has 0 aliphatic rings. The molecule has 0 radical (unpaired) electrons. The highest BCUT2D eigenvalue weighted by molar-refractivity contribution is 7.98. The number of thiazole rings is 1. The number of para-hydroxylation sites is 1. The SMILES string of the molecule is CSCCCNC(=S)N(C)[C@@H](C)c1nc2ccccc2s1. The number of thiocarbonyl (C=S) groups is 1. The summed E-state index contributed by atoms with van der Waals surface area (Å²) in [6.45, 7) is 3.07. The molecule has 1 aromatic heterocycles. The summed E-state index contributed by atoms with van der Waals surface area (Å²) in [5.41, 5.74) is 1.07. The van der Waals surface area contributed by atoms with E-state index in [-0.39, 0.29) is 6.04 Å². The lowest BCUT2D eigenvalue weighted by Crippen LogP contribution is -2.39. The molecule has 3 nitrogen and oxygen atoms in total. The molecule has 0 spiro atoms. The second kappa shape index (κ2) is 7.96. The van der Waals surface area contributed by atoms with Gasteiger partial charge in [-0.05, 0) is 49.7 Å². The highest BCUT2D eigenvalue weighted by Crippen LogP contribution is 2.28. The van der Waals surface area contributed by atoms with Crippen LogP contribution in [0.4, 0.5) is 0 Å². The van der Waals surface area contributed by atoms with Gasteiger partial charge in [0.25, 0.3) is 0 Å². The van der Waals surface area contributed by atoms with Gasteiger partial charge in [0.1, 0.15) is 5.01 Å². The summed E-state index contributed by atoms with van der Waals surface area (Å²) < 4.78 is 1.23. The van der Waals surface area contributed by atoms with Crippen LogP contribution in [0.15, 0.2) is 24.3 Å². The van der Waals surface area contributed by atoms with E-state index in [1.165, 1.54) is 4.70 Å².